The van der Waals surface area contributed by atoms with E-state index in [0.29, 0.717) is 12.4 Å². The van der Waals surface area contributed by atoms with Gasteiger partial charge in [-0.2, -0.15) is 4.31 Å². The van der Waals surface area contributed by atoms with Crippen molar-refractivity contribution in [2.75, 3.05) is 25.0 Å². The van der Waals surface area contributed by atoms with Gasteiger partial charge in [0, 0.05) is 12.2 Å². The molecule has 0 heterocycles. The van der Waals surface area contributed by atoms with E-state index in [2.05, 4.69) is 11.9 Å². The Kier molecular flexibility index (Phi) is 7.09. The van der Waals surface area contributed by atoms with Crippen LogP contribution < -0.4 is 10.1 Å². The smallest absolute Gasteiger partial charge is 0.243 e. The number of sulfonamides is 1. The molecule has 2 aromatic carbocycles. The van der Waals surface area contributed by atoms with Crippen molar-refractivity contribution in [1.29, 1.82) is 0 Å². The molecule has 0 bridgehead atoms. The molecule has 0 unspecified atom stereocenters. The number of carbonyl (C=O) groups is 1. The maximum Gasteiger partial charge on any atom is 0.243 e. The zero-order chi connectivity index (χ0) is 19.9. The molecule has 6 nitrogen and oxygen atoms in total. The van der Waals surface area contributed by atoms with Gasteiger partial charge in [0.1, 0.15) is 11.6 Å². The van der Waals surface area contributed by atoms with Crippen LogP contribution in [-0.4, -0.2) is 38.3 Å². The van der Waals surface area contributed by atoms with E-state index in [1.165, 1.54) is 36.4 Å². The van der Waals surface area contributed by atoms with Crippen molar-refractivity contribution in [2.24, 2.45) is 0 Å². The third kappa shape index (κ3) is 5.63. The van der Waals surface area contributed by atoms with Crippen molar-refractivity contribution in [3.8, 4) is 5.75 Å². The highest BCUT2D eigenvalue weighted by Gasteiger charge is 2.25. The van der Waals surface area contributed by atoms with Crippen LogP contribution in [0.15, 0.2) is 66.1 Å². The van der Waals surface area contributed by atoms with Gasteiger partial charge >= 0.3 is 0 Å². The molecule has 144 valence electrons. The number of halogens is 1. The minimum Gasteiger partial charge on any atom is -0.494 e. The highest BCUT2D eigenvalue weighted by atomic mass is 32.2. The van der Waals surface area contributed by atoms with Gasteiger partial charge in [-0.1, -0.05) is 12.1 Å². The molecule has 0 saturated heterocycles. The molecule has 0 atom stereocenters. The van der Waals surface area contributed by atoms with Crippen molar-refractivity contribution in [1.82, 2.24) is 4.31 Å². The van der Waals surface area contributed by atoms with E-state index in [0.717, 1.165) is 10.4 Å². The van der Waals surface area contributed by atoms with Crippen molar-refractivity contribution in [3.63, 3.8) is 0 Å². The molecular formula is C19H21FN2O4S. The van der Waals surface area contributed by atoms with Crippen LogP contribution in [0.25, 0.3) is 0 Å². The van der Waals surface area contributed by atoms with E-state index in [4.69, 9.17) is 4.74 Å². The van der Waals surface area contributed by atoms with Crippen LogP contribution in [0, 0.1) is 5.82 Å². The zero-order valence-corrected chi connectivity index (χ0v) is 15.7. The summed E-state index contributed by atoms with van der Waals surface area (Å²) in [7, 11) is -3.92. The van der Waals surface area contributed by atoms with E-state index in [-0.39, 0.29) is 17.1 Å². The summed E-state index contributed by atoms with van der Waals surface area (Å²) in [5.74, 6) is -0.537. The summed E-state index contributed by atoms with van der Waals surface area (Å²) in [6, 6.07) is 11.3. The fraction of sp³-hybridized carbons (Fsp3) is 0.211. The highest BCUT2D eigenvalue weighted by Crippen LogP contribution is 2.20. The third-order valence-electron chi connectivity index (χ3n) is 3.53. The van der Waals surface area contributed by atoms with Crippen molar-refractivity contribution in [3.05, 3.63) is 67.0 Å². The van der Waals surface area contributed by atoms with Crippen LogP contribution in [0.5, 0.6) is 5.75 Å². The summed E-state index contributed by atoms with van der Waals surface area (Å²) in [6.45, 7) is 5.35. The maximum atomic E-state index is 13.2. The van der Waals surface area contributed by atoms with Crippen LogP contribution in [0.4, 0.5) is 10.1 Å². The summed E-state index contributed by atoms with van der Waals surface area (Å²) in [5.41, 5.74) is 0.247. The predicted octanol–water partition coefficient (Wildman–Crippen LogP) is 3.04. The molecular weight excluding hydrogens is 371 g/mol. The zero-order valence-electron chi connectivity index (χ0n) is 14.9. The number of amides is 1. The summed E-state index contributed by atoms with van der Waals surface area (Å²) in [5, 5.41) is 2.48. The standard InChI is InChI=1S/C19H21FN2O4S/c1-3-12-22(14-19(23)21-16-7-5-6-15(20)13-16)27(24,25)18-10-8-17(9-11-18)26-4-2/h3,5-11,13H,1,4,12,14H2,2H3,(H,21,23). The normalized spacial score (nSPS) is 11.2. The summed E-state index contributed by atoms with van der Waals surface area (Å²) >= 11 is 0. The van der Waals surface area contributed by atoms with Gasteiger partial charge < -0.3 is 10.1 Å². The molecule has 2 aromatic rings. The van der Waals surface area contributed by atoms with E-state index in [1.807, 2.05) is 6.92 Å². The average molecular weight is 392 g/mol. The largest absolute Gasteiger partial charge is 0.494 e. The fourth-order valence-corrected chi connectivity index (χ4v) is 3.71. The number of rotatable bonds is 9. The van der Waals surface area contributed by atoms with E-state index in [1.54, 1.807) is 12.1 Å². The van der Waals surface area contributed by atoms with Gasteiger partial charge in [-0.15, -0.1) is 6.58 Å². The number of ether oxygens (including phenoxy) is 1. The molecule has 2 rings (SSSR count). The first-order chi connectivity index (χ1) is 12.9. The Labute approximate surface area is 158 Å². The molecule has 0 spiro atoms. The summed E-state index contributed by atoms with van der Waals surface area (Å²) < 4.78 is 45.2. The first-order valence-electron chi connectivity index (χ1n) is 8.26. The van der Waals surface area contributed by atoms with Gasteiger partial charge in [-0.25, -0.2) is 12.8 Å². The van der Waals surface area contributed by atoms with Crippen LogP contribution in [0.2, 0.25) is 0 Å². The Hall–Kier alpha value is -2.71. The number of nitrogens with zero attached hydrogens (tertiary/aromatic N) is 1. The molecule has 0 fully saturated rings. The number of benzene rings is 2. The molecule has 0 aliphatic carbocycles. The van der Waals surface area contributed by atoms with Crippen LogP contribution in [0.1, 0.15) is 6.92 Å². The SMILES string of the molecule is C=CCN(CC(=O)Nc1cccc(F)c1)S(=O)(=O)c1ccc(OCC)cc1. The Morgan fingerprint density at radius 2 is 1.96 bits per heavy atom. The monoisotopic (exact) mass is 392 g/mol. The lowest BCUT2D eigenvalue weighted by molar-refractivity contribution is -0.116. The minimum atomic E-state index is -3.92. The number of hydrogen-bond acceptors (Lipinski definition) is 4. The van der Waals surface area contributed by atoms with Gasteiger partial charge in [0.2, 0.25) is 15.9 Å². The number of hydrogen-bond donors (Lipinski definition) is 1. The molecule has 0 radical (unpaired) electrons. The van der Waals surface area contributed by atoms with Crippen molar-refractivity contribution < 1.29 is 22.3 Å². The quantitative estimate of drug-likeness (QED) is 0.666. The molecule has 0 aliphatic heterocycles. The predicted molar refractivity (Wildman–Crippen MR) is 102 cm³/mol. The Bertz CT molecular complexity index is 898. The van der Waals surface area contributed by atoms with E-state index in [9.17, 15) is 17.6 Å². The molecule has 1 amide bonds. The molecule has 27 heavy (non-hydrogen) atoms. The van der Waals surface area contributed by atoms with Gasteiger partial charge in [-0.05, 0) is 49.4 Å². The second kappa shape index (κ2) is 9.29. The fourth-order valence-electron chi connectivity index (χ4n) is 2.34. The number of anilines is 1. The summed E-state index contributed by atoms with van der Waals surface area (Å²) in [6.07, 6.45) is 1.39. The Morgan fingerprint density at radius 3 is 2.56 bits per heavy atom. The van der Waals surface area contributed by atoms with Gasteiger partial charge in [-0.3, -0.25) is 4.79 Å². The lowest BCUT2D eigenvalue weighted by Gasteiger charge is -2.20. The maximum absolute atomic E-state index is 13.2. The average Bonchev–Trinajstić information content (AvgIpc) is 2.62. The molecule has 0 aliphatic rings. The summed E-state index contributed by atoms with van der Waals surface area (Å²) in [4.78, 5) is 12.3. The topological polar surface area (TPSA) is 75.7 Å². The van der Waals surface area contributed by atoms with Gasteiger partial charge in [0.15, 0.2) is 0 Å². The first-order valence-corrected chi connectivity index (χ1v) is 9.70. The van der Waals surface area contributed by atoms with Crippen molar-refractivity contribution in [2.45, 2.75) is 11.8 Å². The Morgan fingerprint density at radius 1 is 1.26 bits per heavy atom. The van der Waals surface area contributed by atoms with Crippen LogP contribution in [0.3, 0.4) is 0 Å². The molecule has 8 heteroatoms. The lowest BCUT2D eigenvalue weighted by atomic mass is 10.3. The van der Waals surface area contributed by atoms with E-state index < -0.39 is 28.3 Å². The molecule has 1 N–H and O–H groups in total. The lowest BCUT2D eigenvalue weighted by Crippen LogP contribution is -2.38. The minimum absolute atomic E-state index is 0.0337. The second-order valence-corrected chi connectivity index (χ2v) is 7.49. The first kappa shape index (κ1) is 20.6. The number of nitrogens with one attached hydrogen (secondary N) is 1. The molecule has 0 aromatic heterocycles. The van der Waals surface area contributed by atoms with Crippen LogP contribution in [-0.2, 0) is 14.8 Å². The van der Waals surface area contributed by atoms with Gasteiger partial charge in [0.05, 0.1) is 18.0 Å². The highest BCUT2D eigenvalue weighted by molar-refractivity contribution is 7.89. The van der Waals surface area contributed by atoms with E-state index >= 15 is 0 Å². The van der Waals surface area contributed by atoms with Gasteiger partial charge in [0.25, 0.3) is 0 Å². The second-order valence-electron chi connectivity index (χ2n) is 5.55. The molecule has 0 saturated carbocycles. The Balaban J connectivity index is 2.16. The third-order valence-corrected chi connectivity index (χ3v) is 5.36. The van der Waals surface area contributed by atoms with Crippen molar-refractivity contribution >= 4 is 21.6 Å². The van der Waals surface area contributed by atoms with Crippen LogP contribution >= 0.6 is 0 Å². The number of carbonyl (C=O) groups excluding carboxylic acids is 1.